The molecule has 6 heteroatoms. The van der Waals surface area contributed by atoms with Gasteiger partial charge >= 0.3 is 0 Å². The Labute approximate surface area is 128 Å². The van der Waals surface area contributed by atoms with E-state index in [1.54, 1.807) is 6.92 Å². The number of rotatable bonds is 5. The number of hydrogen-bond acceptors (Lipinski definition) is 5. The largest absolute Gasteiger partial charge is 0.375 e. The van der Waals surface area contributed by atoms with Crippen molar-refractivity contribution in [3.8, 4) is 0 Å². The van der Waals surface area contributed by atoms with E-state index < -0.39 is 0 Å². The van der Waals surface area contributed by atoms with E-state index in [0.717, 1.165) is 0 Å². The van der Waals surface area contributed by atoms with Crippen molar-refractivity contribution in [3.63, 3.8) is 0 Å². The maximum Gasteiger partial charge on any atom is 0.263 e. The number of anilines is 1. The van der Waals surface area contributed by atoms with E-state index >= 15 is 0 Å². The van der Waals surface area contributed by atoms with E-state index in [1.165, 1.54) is 16.9 Å². The van der Waals surface area contributed by atoms with E-state index in [2.05, 4.69) is 27.3 Å². The van der Waals surface area contributed by atoms with Crippen LogP contribution in [0.15, 0.2) is 30.3 Å². The smallest absolute Gasteiger partial charge is 0.263 e. The average molecular weight is 304 g/mol. The Bertz CT molecular complexity index is 609. The van der Waals surface area contributed by atoms with Gasteiger partial charge in [0.2, 0.25) is 0 Å². The lowest BCUT2D eigenvalue weighted by atomic mass is 10.1. The van der Waals surface area contributed by atoms with E-state index in [4.69, 9.17) is 5.73 Å². The topological polar surface area (TPSA) is 71.2 Å². The van der Waals surface area contributed by atoms with E-state index in [-0.39, 0.29) is 11.9 Å². The standard InChI is InChI=1S/C15H20N4OS/c1-10-13(21-15(16)18-10)14(20)17-9-12(19(2)3)11-7-5-4-6-8-11/h4-8,12H,9H2,1-3H3,(H2,16,18)(H,17,20). The molecular weight excluding hydrogens is 284 g/mol. The Morgan fingerprint density at radius 1 is 1.38 bits per heavy atom. The second-order valence-electron chi connectivity index (χ2n) is 5.07. The van der Waals surface area contributed by atoms with Crippen LogP contribution in [0.4, 0.5) is 5.13 Å². The van der Waals surface area contributed by atoms with Gasteiger partial charge in [0.05, 0.1) is 11.7 Å². The summed E-state index contributed by atoms with van der Waals surface area (Å²) in [5.74, 6) is -0.121. The minimum atomic E-state index is -0.121. The number of nitrogen functional groups attached to an aromatic ring is 1. The highest BCUT2D eigenvalue weighted by atomic mass is 32.1. The van der Waals surface area contributed by atoms with Gasteiger partial charge in [0.15, 0.2) is 5.13 Å². The lowest BCUT2D eigenvalue weighted by molar-refractivity contribution is 0.0945. The minimum Gasteiger partial charge on any atom is -0.375 e. The number of likely N-dealkylation sites (N-methyl/N-ethyl adjacent to an activating group) is 1. The molecule has 1 aromatic carbocycles. The predicted octanol–water partition coefficient (Wildman–Crippen LogP) is 2.07. The molecule has 2 rings (SSSR count). The molecular formula is C15H20N4OS. The molecule has 5 nitrogen and oxygen atoms in total. The van der Waals surface area contributed by atoms with Crippen LogP contribution < -0.4 is 11.1 Å². The quantitative estimate of drug-likeness (QED) is 0.887. The Morgan fingerprint density at radius 2 is 2.05 bits per heavy atom. The summed E-state index contributed by atoms with van der Waals surface area (Å²) in [6, 6.07) is 10.2. The van der Waals surface area contributed by atoms with Gasteiger partial charge in [-0.2, -0.15) is 0 Å². The molecule has 0 bridgehead atoms. The first-order chi connectivity index (χ1) is 9.99. The Balaban J connectivity index is 2.06. The molecule has 0 aliphatic heterocycles. The summed E-state index contributed by atoms with van der Waals surface area (Å²) >= 11 is 1.22. The third-order valence-electron chi connectivity index (χ3n) is 3.28. The predicted molar refractivity (Wildman–Crippen MR) is 86.5 cm³/mol. The van der Waals surface area contributed by atoms with Crippen molar-refractivity contribution < 1.29 is 4.79 Å². The summed E-state index contributed by atoms with van der Waals surface area (Å²) in [6.45, 7) is 2.33. The van der Waals surface area contributed by atoms with Crippen molar-refractivity contribution in [2.24, 2.45) is 0 Å². The fourth-order valence-electron chi connectivity index (χ4n) is 2.17. The van der Waals surface area contributed by atoms with Gasteiger partial charge in [-0.25, -0.2) is 4.98 Å². The van der Waals surface area contributed by atoms with Gasteiger partial charge in [-0.15, -0.1) is 0 Å². The Morgan fingerprint density at radius 3 is 2.57 bits per heavy atom. The molecule has 1 atom stereocenters. The van der Waals surface area contributed by atoms with Crippen LogP contribution in [0.1, 0.15) is 27.0 Å². The summed E-state index contributed by atoms with van der Waals surface area (Å²) in [4.78, 5) is 19.0. The minimum absolute atomic E-state index is 0.121. The number of aromatic nitrogens is 1. The summed E-state index contributed by atoms with van der Waals surface area (Å²) in [5, 5.41) is 3.39. The number of carbonyl (C=O) groups excluding carboxylic acids is 1. The summed E-state index contributed by atoms with van der Waals surface area (Å²) < 4.78 is 0. The lowest BCUT2D eigenvalue weighted by Crippen LogP contribution is -2.34. The Hall–Kier alpha value is -1.92. The van der Waals surface area contributed by atoms with Crippen molar-refractivity contribution >= 4 is 22.4 Å². The van der Waals surface area contributed by atoms with E-state index in [1.807, 2.05) is 32.3 Å². The number of nitrogens with two attached hydrogens (primary N) is 1. The van der Waals surface area contributed by atoms with Crippen LogP contribution in [0.3, 0.4) is 0 Å². The van der Waals surface area contributed by atoms with Gasteiger partial charge in [-0.1, -0.05) is 41.7 Å². The molecule has 2 aromatic rings. The lowest BCUT2D eigenvalue weighted by Gasteiger charge is -2.25. The molecule has 0 radical (unpaired) electrons. The molecule has 0 fully saturated rings. The normalized spacial score (nSPS) is 12.4. The molecule has 21 heavy (non-hydrogen) atoms. The van der Waals surface area contributed by atoms with Crippen LogP contribution in [-0.2, 0) is 0 Å². The van der Waals surface area contributed by atoms with Crippen LogP contribution in [-0.4, -0.2) is 36.4 Å². The molecule has 1 heterocycles. The molecule has 0 aliphatic carbocycles. The van der Waals surface area contributed by atoms with Gasteiger partial charge in [0, 0.05) is 6.54 Å². The zero-order chi connectivity index (χ0) is 15.4. The third-order valence-corrected chi connectivity index (χ3v) is 4.27. The van der Waals surface area contributed by atoms with Crippen molar-refractivity contribution in [1.82, 2.24) is 15.2 Å². The summed E-state index contributed by atoms with van der Waals surface area (Å²) in [7, 11) is 4.00. The average Bonchev–Trinajstić information content (AvgIpc) is 2.78. The van der Waals surface area contributed by atoms with Gasteiger partial charge in [-0.3, -0.25) is 4.79 Å². The summed E-state index contributed by atoms with van der Waals surface area (Å²) in [6.07, 6.45) is 0. The highest BCUT2D eigenvalue weighted by Gasteiger charge is 2.18. The zero-order valence-electron chi connectivity index (χ0n) is 12.5. The molecule has 1 amide bonds. The number of benzene rings is 1. The fourth-order valence-corrected chi connectivity index (χ4v) is 2.92. The molecule has 1 unspecified atom stereocenters. The van der Waals surface area contributed by atoms with Gasteiger partial charge in [-0.05, 0) is 26.6 Å². The van der Waals surface area contributed by atoms with Crippen molar-refractivity contribution in [2.45, 2.75) is 13.0 Å². The molecule has 0 saturated carbocycles. The molecule has 3 N–H and O–H groups in total. The maximum absolute atomic E-state index is 12.2. The van der Waals surface area contributed by atoms with Crippen molar-refractivity contribution in [2.75, 3.05) is 26.4 Å². The second-order valence-corrected chi connectivity index (χ2v) is 6.10. The van der Waals surface area contributed by atoms with Crippen LogP contribution in [0.2, 0.25) is 0 Å². The van der Waals surface area contributed by atoms with Crippen LogP contribution in [0.5, 0.6) is 0 Å². The highest BCUT2D eigenvalue weighted by molar-refractivity contribution is 7.17. The highest BCUT2D eigenvalue weighted by Crippen LogP contribution is 2.20. The van der Waals surface area contributed by atoms with Crippen molar-refractivity contribution in [3.05, 3.63) is 46.5 Å². The first-order valence-corrected chi connectivity index (χ1v) is 7.53. The third kappa shape index (κ3) is 3.80. The molecule has 0 aliphatic rings. The van der Waals surface area contributed by atoms with Gasteiger partial charge < -0.3 is 16.0 Å². The molecule has 0 saturated heterocycles. The number of thiazole rings is 1. The summed E-state index contributed by atoms with van der Waals surface area (Å²) in [5.41, 5.74) is 7.48. The maximum atomic E-state index is 12.2. The van der Waals surface area contributed by atoms with E-state index in [9.17, 15) is 4.79 Å². The number of hydrogen-bond donors (Lipinski definition) is 2. The van der Waals surface area contributed by atoms with Gasteiger partial charge in [0.1, 0.15) is 4.88 Å². The molecule has 1 aromatic heterocycles. The SMILES string of the molecule is Cc1nc(N)sc1C(=O)NCC(c1ccccc1)N(C)C. The molecule has 0 spiro atoms. The van der Waals surface area contributed by atoms with E-state index in [0.29, 0.717) is 22.2 Å². The first-order valence-electron chi connectivity index (χ1n) is 6.71. The fraction of sp³-hybridized carbons (Fsp3) is 0.333. The number of nitrogens with one attached hydrogen (secondary N) is 1. The Kier molecular flexibility index (Phi) is 4.93. The number of nitrogens with zero attached hydrogens (tertiary/aromatic N) is 2. The number of amides is 1. The van der Waals surface area contributed by atoms with Gasteiger partial charge in [0.25, 0.3) is 5.91 Å². The number of aryl methyl sites for hydroxylation is 1. The van der Waals surface area contributed by atoms with Crippen LogP contribution in [0, 0.1) is 6.92 Å². The second kappa shape index (κ2) is 6.69. The van der Waals surface area contributed by atoms with Crippen molar-refractivity contribution in [1.29, 1.82) is 0 Å². The van der Waals surface area contributed by atoms with Crippen LogP contribution >= 0.6 is 11.3 Å². The number of carbonyl (C=O) groups is 1. The van der Waals surface area contributed by atoms with Crippen LogP contribution in [0.25, 0.3) is 0 Å². The molecule has 112 valence electrons. The first kappa shape index (κ1) is 15.5. The monoisotopic (exact) mass is 304 g/mol. The zero-order valence-corrected chi connectivity index (χ0v) is 13.3.